The van der Waals surface area contributed by atoms with E-state index >= 15 is 0 Å². The lowest BCUT2D eigenvalue weighted by atomic mass is 10.2. The molecule has 2 rings (SSSR count). The van der Waals surface area contributed by atoms with Crippen LogP contribution in [0.1, 0.15) is 19.8 Å². The van der Waals surface area contributed by atoms with Gasteiger partial charge in [-0.2, -0.15) is 0 Å². The van der Waals surface area contributed by atoms with Crippen LogP contribution in [0.2, 0.25) is 5.02 Å². The summed E-state index contributed by atoms with van der Waals surface area (Å²) in [7, 11) is 0. The van der Waals surface area contributed by atoms with E-state index in [-0.39, 0.29) is 10.8 Å². The Hall–Kier alpha value is -0.800. The molecular weight excluding hydrogens is 239 g/mol. The van der Waals surface area contributed by atoms with Gasteiger partial charge in [0.25, 0.3) is 0 Å². The summed E-state index contributed by atoms with van der Waals surface area (Å²) in [6, 6.07) is 5.65. The van der Waals surface area contributed by atoms with Gasteiger partial charge in [0.05, 0.1) is 10.7 Å². The molecule has 1 aliphatic heterocycles. The van der Waals surface area contributed by atoms with E-state index in [2.05, 4.69) is 17.1 Å². The first-order valence-electron chi connectivity index (χ1n) is 6.14. The highest BCUT2D eigenvalue weighted by Crippen LogP contribution is 2.28. The molecule has 1 fully saturated rings. The maximum atomic E-state index is 13.8. The smallest absolute Gasteiger partial charge is 0.165 e. The number of anilines is 1. The molecule has 2 nitrogen and oxygen atoms in total. The summed E-state index contributed by atoms with van der Waals surface area (Å²) in [5.41, 5.74) is 0.623. The van der Waals surface area contributed by atoms with Crippen molar-refractivity contribution in [3.05, 3.63) is 29.0 Å². The highest BCUT2D eigenvalue weighted by molar-refractivity contribution is 6.31. The van der Waals surface area contributed by atoms with Crippen molar-refractivity contribution in [3.63, 3.8) is 0 Å². The maximum Gasteiger partial charge on any atom is 0.165 e. The first-order valence-corrected chi connectivity index (χ1v) is 6.52. The van der Waals surface area contributed by atoms with Crippen LogP contribution < -0.4 is 10.2 Å². The normalized spacial score (nSPS) is 19.9. The average Bonchev–Trinajstić information content (AvgIpc) is 2.78. The highest BCUT2D eigenvalue weighted by atomic mass is 35.5. The third-order valence-corrected chi connectivity index (χ3v) is 3.44. The molecule has 1 aromatic carbocycles. The number of benzene rings is 1. The number of hydrogen-bond donors (Lipinski definition) is 1. The number of hydrogen-bond acceptors (Lipinski definition) is 2. The van der Waals surface area contributed by atoms with Gasteiger partial charge in [-0.25, -0.2) is 4.39 Å². The lowest BCUT2D eigenvalue weighted by Crippen LogP contribution is -2.33. The van der Waals surface area contributed by atoms with Crippen LogP contribution in [0.5, 0.6) is 0 Å². The predicted molar refractivity (Wildman–Crippen MR) is 70.3 cm³/mol. The molecule has 0 aromatic heterocycles. The Bertz CT molecular complexity index is 384. The van der Waals surface area contributed by atoms with Crippen molar-refractivity contribution in [1.29, 1.82) is 0 Å². The third kappa shape index (κ3) is 2.90. The van der Waals surface area contributed by atoms with Crippen LogP contribution in [0.15, 0.2) is 18.2 Å². The van der Waals surface area contributed by atoms with Crippen molar-refractivity contribution < 1.29 is 4.39 Å². The minimum absolute atomic E-state index is 0.201. The van der Waals surface area contributed by atoms with E-state index in [9.17, 15) is 4.39 Å². The van der Waals surface area contributed by atoms with Gasteiger partial charge in [-0.3, -0.25) is 0 Å². The number of nitrogens with zero attached hydrogens (tertiary/aromatic N) is 1. The largest absolute Gasteiger partial charge is 0.368 e. The summed E-state index contributed by atoms with van der Waals surface area (Å²) in [5.74, 6) is -0.301. The number of nitrogens with one attached hydrogen (secondary N) is 1. The summed E-state index contributed by atoms with van der Waals surface area (Å²) < 4.78 is 13.8. The van der Waals surface area contributed by atoms with E-state index in [1.54, 1.807) is 18.2 Å². The lowest BCUT2D eigenvalue weighted by molar-refractivity contribution is 0.548. The fourth-order valence-corrected chi connectivity index (χ4v) is 2.40. The first kappa shape index (κ1) is 12.7. The Balaban J connectivity index is 2.02. The van der Waals surface area contributed by atoms with Crippen molar-refractivity contribution in [2.24, 2.45) is 0 Å². The van der Waals surface area contributed by atoms with Gasteiger partial charge in [0.1, 0.15) is 0 Å². The predicted octanol–water partition coefficient (Wildman–Crippen LogP) is 3.06. The molecule has 1 atom stereocenters. The van der Waals surface area contributed by atoms with Crippen LogP contribution in [-0.4, -0.2) is 25.7 Å². The fourth-order valence-electron chi connectivity index (χ4n) is 2.23. The average molecular weight is 257 g/mol. The number of rotatable bonds is 4. The second-order valence-corrected chi connectivity index (χ2v) is 4.87. The molecule has 0 radical (unpaired) electrons. The van der Waals surface area contributed by atoms with Gasteiger partial charge in [-0.05, 0) is 31.5 Å². The Morgan fingerprint density at radius 1 is 1.53 bits per heavy atom. The fraction of sp³-hybridized carbons (Fsp3) is 0.538. The Kier molecular flexibility index (Phi) is 4.24. The molecule has 1 heterocycles. The van der Waals surface area contributed by atoms with E-state index in [1.165, 1.54) is 0 Å². The summed E-state index contributed by atoms with van der Waals surface area (Å²) in [4.78, 5) is 2.06. The standard InChI is InChI=1S/C13H18ClFN2/c1-2-7-16-10-6-8-17(9-10)12-5-3-4-11(14)13(12)15/h3-5,10,16H,2,6-9H2,1H3. The van der Waals surface area contributed by atoms with Gasteiger partial charge in [0, 0.05) is 19.1 Å². The topological polar surface area (TPSA) is 15.3 Å². The van der Waals surface area contributed by atoms with Gasteiger partial charge in [-0.15, -0.1) is 0 Å². The van der Waals surface area contributed by atoms with Crippen molar-refractivity contribution in [2.75, 3.05) is 24.5 Å². The zero-order valence-corrected chi connectivity index (χ0v) is 10.8. The SMILES string of the molecule is CCCNC1CCN(c2cccc(Cl)c2F)C1. The van der Waals surface area contributed by atoms with Gasteiger partial charge < -0.3 is 10.2 Å². The summed E-state index contributed by atoms with van der Waals surface area (Å²) in [6.07, 6.45) is 2.19. The molecule has 0 aliphatic carbocycles. The molecule has 94 valence electrons. The third-order valence-electron chi connectivity index (χ3n) is 3.14. The van der Waals surface area contributed by atoms with Crippen LogP contribution in [0, 0.1) is 5.82 Å². The van der Waals surface area contributed by atoms with E-state index in [4.69, 9.17) is 11.6 Å². The van der Waals surface area contributed by atoms with Crippen molar-refractivity contribution in [2.45, 2.75) is 25.8 Å². The summed E-state index contributed by atoms with van der Waals surface area (Å²) in [6.45, 7) is 4.92. The molecule has 0 amide bonds. The zero-order chi connectivity index (χ0) is 12.3. The van der Waals surface area contributed by atoms with Crippen LogP contribution in [0.3, 0.4) is 0 Å². The molecule has 1 saturated heterocycles. The van der Waals surface area contributed by atoms with Gasteiger partial charge >= 0.3 is 0 Å². The zero-order valence-electron chi connectivity index (χ0n) is 10.0. The molecule has 1 aliphatic rings. The Morgan fingerprint density at radius 3 is 3.12 bits per heavy atom. The molecule has 4 heteroatoms. The number of halogens is 2. The summed E-state index contributed by atoms with van der Waals surface area (Å²) in [5, 5.41) is 3.67. The van der Waals surface area contributed by atoms with Crippen LogP contribution in [0.25, 0.3) is 0 Å². The molecule has 1 aromatic rings. The second-order valence-electron chi connectivity index (χ2n) is 4.46. The van der Waals surface area contributed by atoms with Crippen LogP contribution >= 0.6 is 11.6 Å². The molecule has 0 spiro atoms. The van der Waals surface area contributed by atoms with Gasteiger partial charge in [0.15, 0.2) is 5.82 Å². The van der Waals surface area contributed by atoms with E-state index in [0.717, 1.165) is 32.5 Å². The highest BCUT2D eigenvalue weighted by Gasteiger charge is 2.24. The minimum Gasteiger partial charge on any atom is -0.368 e. The molecule has 1 N–H and O–H groups in total. The van der Waals surface area contributed by atoms with Crippen molar-refractivity contribution in [3.8, 4) is 0 Å². The van der Waals surface area contributed by atoms with E-state index in [1.807, 2.05) is 0 Å². The Labute approximate surface area is 107 Å². The quantitative estimate of drug-likeness (QED) is 0.891. The Morgan fingerprint density at radius 2 is 2.35 bits per heavy atom. The second kappa shape index (κ2) is 5.69. The maximum absolute atomic E-state index is 13.8. The van der Waals surface area contributed by atoms with Crippen LogP contribution in [-0.2, 0) is 0 Å². The molecular formula is C13H18ClFN2. The molecule has 0 bridgehead atoms. The molecule has 17 heavy (non-hydrogen) atoms. The minimum atomic E-state index is -0.301. The lowest BCUT2D eigenvalue weighted by Gasteiger charge is -2.20. The van der Waals surface area contributed by atoms with Gasteiger partial charge in [-0.1, -0.05) is 24.6 Å². The van der Waals surface area contributed by atoms with E-state index in [0.29, 0.717) is 11.7 Å². The van der Waals surface area contributed by atoms with Crippen molar-refractivity contribution >= 4 is 17.3 Å². The van der Waals surface area contributed by atoms with E-state index < -0.39 is 0 Å². The molecule has 1 unspecified atom stereocenters. The summed E-state index contributed by atoms with van der Waals surface area (Å²) >= 11 is 5.79. The van der Waals surface area contributed by atoms with Crippen LogP contribution in [0.4, 0.5) is 10.1 Å². The first-order chi connectivity index (χ1) is 8.22. The van der Waals surface area contributed by atoms with Gasteiger partial charge in [0.2, 0.25) is 0 Å². The monoisotopic (exact) mass is 256 g/mol. The van der Waals surface area contributed by atoms with Crippen molar-refractivity contribution in [1.82, 2.24) is 5.32 Å². The molecule has 0 saturated carbocycles.